The van der Waals surface area contributed by atoms with Crippen molar-refractivity contribution in [3.63, 3.8) is 0 Å². The number of rotatable bonds is 6. The van der Waals surface area contributed by atoms with Crippen molar-refractivity contribution < 1.29 is 4.79 Å². The Hall–Kier alpha value is -4.39. The summed E-state index contributed by atoms with van der Waals surface area (Å²) in [5.74, 6) is 1.32. The van der Waals surface area contributed by atoms with Crippen molar-refractivity contribution in [2.75, 3.05) is 34.4 Å². The summed E-state index contributed by atoms with van der Waals surface area (Å²) in [6, 6.07) is 20.0. The van der Waals surface area contributed by atoms with E-state index in [1.165, 1.54) is 22.3 Å². The van der Waals surface area contributed by atoms with Gasteiger partial charge in [0.05, 0.1) is 5.56 Å². The monoisotopic (exact) mass is 504 g/mol. The number of carbonyl (C=O) groups is 1. The number of hydrogen-bond acceptors (Lipinski definition) is 6. The molecule has 2 aliphatic rings. The minimum absolute atomic E-state index is 0.117. The Bertz CT molecular complexity index is 1510. The van der Waals surface area contributed by atoms with Gasteiger partial charge in [-0.1, -0.05) is 32.0 Å². The molecular formula is C31H32N6O. The molecule has 0 spiro atoms. The summed E-state index contributed by atoms with van der Waals surface area (Å²) in [6.07, 6.45) is 6.47. The number of carbonyl (C=O) groups excluding carboxylic acids is 1. The molecule has 4 heterocycles. The Kier molecular flexibility index (Phi) is 6.19. The number of amides is 1. The van der Waals surface area contributed by atoms with E-state index in [9.17, 15) is 4.79 Å². The van der Waals surface area contributed by atoms with Crippen LogP contribution in [0.1, 0.15) is 52.9 Å². The normalized spacial score (nSPS) is 15.0. The number of aromatic nitrogens is 2. The topological polar surface area (TPSA) is 91.0 Å². The molecule has 0 bridgehead atoms. The second-order valence-corrected chi connectivity index (χ2v) is 10.7. The maximum Gasteiger partial charge on any atom is 0.259 e. The molecule has 0 fully saturated rings. The molecule has 4 N–H and O–H groups in total. The Balaban J connectivity index is 1.20. The molecule has 2 aromatic heterocycles. The molecule has 0 aliphatic carbocycles. The molecule has 7 nitrogen and oxygen atoms in total. The molecular weight excluding hydrogens is 472 g/mol. The number of benzene rings is 2. The van der Waals surface area contributed by atoms with E-state index < -0.39 is 0 Å². The standard InChI is InChI=1S/C31H32N6O/c1-31(2)12-16-32-27-19-23(8-9-26(27)31)37-30(38)25-7-4-13-33-29(25)36-22-6-3-5-20(18-22)17-21-10-14-34-28-24(21)11-15-35-28/h3-10,13-14,18-19,32H,11-12,15-17H2,1-2H3,(H,33,36)(H,34,35)(H,37,38). The molecule has 192 valence electrons. The molecule has 4 aromatic rings. The zero-order chi connectivity index (χ0) is 26.1. The number of pyridine rings is 2. The third-order valence-electron chi connectivity index (χ3n) is 7.53. The Labute approximate surface area is 223 Å². The van der Waals surface area contributed by atoms with Gasteiger partial charge in [0.1, 0.15) is 11.6 Å². The van der Waals surface area contributed by atoms with E-state index in [1.807, 2.05) is 30.5 Å². The quantitative estimate of drug-likeness (QED) is 0.253. The zero-order valence-corrected chi connectivity index (χ0v) is 21.8. The van der Waals surface area contributed by atoms with Crippen molar-refractivity contribution in [3.05, 3.63) is 101 Å². The third kappa shape index (κ3) is 4.79. The fourth-order valence-corrected chi connectivity index (χ4v) is 5.44. The second-order valence-electron chi connectivity index (χ2n) is 10.7. The lowest BCUT2D eigenvalue weighted by atomic mass is 9.78. The highest BCUT2D eigenvalue weighted by molar-refractivity contribution is 6.08. The van der Waals surface area contributed by atoms with Crippen LogP contribution >= 0.6 is 0 Å². The van der Waals surface area contributed by atoms with Crippen LogP contribution in [-0.4, -0.2) is 29.0 Å². The fraction of sp³-hybridized carbons (Fsp3) is 0.258. The number of fused-ring (bicyclic) bond motifs is 2. The second kappa shape index (κ2) is 9.82. The number of nitrogens with one attached hydrogen (secondary N) is 4. The van der Waals surface area contributed by atoms with Crippen molar-refractivity contribution >= 4 is 34.6 Å². The Morgan fingerprint density at radius 1 is 0.947 bits per heavy atom. The largest absolute Gasteiger partial charge is 0.385 e. The van der Waals surface area contributed by atoms with Crippen LogP contribution in [0.4, 0.5) is 28.7 Å². The molecule has 38 heavy (non-hydrogen) atoms. The van der Waals surface area contributed by atoms with Gasteiger partial charge < -0.3 is 21.3 Å². The highest BCUT2D eigenvalue weighted by Gasteiger charge is 2.27. The average molecular weight is 505 g/mol. The van der Waals surface area contributed by atoms with Gasteiger partial charge in [-0.05, 0) is 89.4 Å². The smallest absolute Gasteiger partial charge is 0.259 e. The van der Waals surface area contributed by atoms with Crippen LogP contribution in [0.15, 0.2) is 73.1 Å². The van der Waals surface area contributed by atoms with Crippen LogP contribution in [0.5, 0.6) is 0 Å². The highest BCUT2D eigenvalue weighted by Crippen LogP contribution is 2.38. The van der Waals surface area contributed by atoms with E-state index in [4.69, 9.17) is 0 Å². The van der Waals surface area contributed by atoms with Crippen molar-refractivity contribution in [1.29, 1.82) is 0 Å². The van der Waals surface area contributed by atoms with E-state index in [-0.39, 0.29) is 11.3 Å². The first-order chi connectivity index (χ1) is 18.5. The molecule has 6 rings (SSSR count). The molecule has 1 amide bonds. The van der Waals surface area contributed by atoms with Crippen LogP contribution in [0.3, 0.4) is 0 Å². The van der Waals surface area contributed by atoms with Crippen LogP contribution in [0, 0.1) is 0 Å². The number of hydrogen-bond donors (Lipinski definition) is 4. The van der Waals surface area contributed by atoms with Gasteiger partial charge in [0.2, 0.25) is 0 Å². The van der Waals surface area contributed by atoms with Crippen molar-refractivity contribution in [3.8, 4) is 0 Å². The molecule has 0 saturated heterocycles. The van der Waals surface area contributed by atoms with Crippen LogP contribution in [0.2, 0.25) is 0 Å². The van der Waals surface area contributed by atoms with Gasteiger partial charge in [-0.25, -0.2) is 9.97 Å². The van der Waals surface area contributed by atoms with Gasteiger partial charge in [-0.15, -0.1) is 0 Å². The lowest BCUT2D eigenvalue weighted by Gasteiger charge is -2.33. The summed E-state index contributed by atoms with van der Waals surface area (Å²) < 4.78 is 0. The summed E-state index contributed by atoms with van der Waals surface area (Å²) >= 11 is 0. The predicted molar refractivity (Wildman–Crippen MR) is 154 cm³/mol. The minimum atomic E-state index is -0.202. The first-order valence-electron chi connectivity index (χ1n) is 13.2. The number of nitrogens with zero attached hydrogens (tertiary/aromatic N) is 2. The van der Waals surface area contributed by atoms with Crippen LogP contribution in [-0.2, 0) is 18.3 Å². The molecule has 7 heteroatoms. The summed E-state index contributed by atoms with van der Waals surface area (Å²) in [5.41, 5.74) is 8.38. The fourth-order valence-electron chi connectivity index (χ4n) is 5.44. The summed E-state index contributed by atoms with van der Waals surface area (Å²) in [5, 5.41) is 13.2. The Morgan fingerprint density at radius 3 is 2.79 bits per heavy atom. The van der Waals surface area contributed by atoms with Crippen LogP contribution in [0.25, 0.3) is 0 Å². The summed E-state index contributed by atoms with van der Waals surface area (Å²) in [6.45, 7) is 6.38. The van der Waals surface area contributed by atoms with Crippen molar-refractivity contribution in [2.24, 2.45) is 0 Å². The number of anilines is 5. The first-order valence-corrected chi connectivity index (χ1v) is 13.2. The van der Waals surface area contributed by atoms with E-state index in [0.717, 1.165) is 55.2 Å². The van der Waals surface area contributed by atoms with E-state index in [2.05, 4.69) is 69.3 Å². The van der Waals surface area contributed by atoms with E-state index in [0.29, 0.717) is 11.4 Å². The average Bonchev–Trinajstić information content (AvgIpc) is 3.39. The predicted octanol–water partition coefficient (Wildman–Crippen LogP) is 6.12. The first kappa shape index (κ1) is 24.0. The minimum Gasteiger partial charge on any atom is -0.385 e. The van der Waals surface area contributed by atoms with E-state index >= 15 is 0 Å². The van der Waals surface area contributed by atoms with Crippen LogP contribution < -0.4 is 21.3 Å². The maximum absolute atomic E-state index is 13.3. The summed E-state index contributed by atoms with van der Waals surface area (Å²) in [4.78, 5) is 22.2. The zero-order valence-electron chi connectivity index (χ0n) is 21.8. The van der Waals surface area contributed by atoms with Gasteiger partial charge >= 0.3 is 0 Å². The lowest BCUT2D eigenvalue weighted by molar-refractivity contribution is 0.102. The van der Waals surface area contributed by atoms with Crippen molar-refractivity contribution in [1.82, 2.24) is 9.97 Å². The third-order valence-corrected chi connectivity index (χ3v) is 7.53. The van der Waals surface area contributed by atoms with Crippen molar-refractivity contribution in [2.45, 2.75) is 38.5 Å². The molecule has 0 radical (unpaired) electrons. The molecule has 2 aliphatic heterocycles. The lowest BCUT2D eigenvalue weighted by Crippen LogP contribution is -2.28. The summed E-state index contributed by atoms with van der Waals surface area (Å²) in [7, 11) is 0. The maximum atomic E-state index is 13.3. The molecule has 0 saturated carbocycles. The van der Waals surface area contributed by atoms with E-state index in [1.54, 1.807) is 18.3 Å². The van der Waals surface area contributed by atoms with Gasteiger partial charge in [0, 0.05) is 42.5 Å². The van der Waals surface area contributed by atoms with Gasteiger partial charge in [-0.3, -0.25) is 4.79 Å². The van der Waals surface area contributed by atoms with Gasteiger partial charge in [0.25, 0.3) is 5.91 Å². The molecule has 2 aromatic carbocycles. The van der Waals surface area contributed by atoms with Gasteiger partial charge in [0.15, 0.2) is 0 Å². The highest BCUT2D eigenvalue weighted by atomic mass is 16.1. The Morgan fingerprint density at radius 2 is 1.87 bits per heavy atom. The molecule has 0 atom stereocenters. The SMILES string of the molecule is CC1(C)CCNc2cc(NC(=O)c3cccnc3Nc3cccc(Cc4ccnc5c4CCN5)c3)ccc21. The molecule has 0 unspecified atom stereocenters. The van der Waals surface area contributed by atoms with Gasteiger partial charge in [-0.2, -0.15) is 0 Å².